The number of sulfonamides is 1. The van der Waals surface area contributed by atoms with Crippen molar-refractivity contribution in [1.82, 2.24) is 14.9 Å². The van der Waals surface area contributed by atoms with E-state index in [1.54, 1.807) is 0 Å². The molecule has 0 aliphatic heterocycles. The van der Waals surface area contributed by atoms with Crippen molar-refractivity contribution in [2.45, 2.75) is 20.0 Å². The number of hydrogen-bond donors (Lipinski definition) is 2. The molecule has 7 heteroatoms. The zero-order valence-electron chi connectivity index (χ0n) is 10.8. The van der Waals surface area contributed by atoms with Gasteiger partial charge >= 0.3 is 0 Å². The Hall–Kier alpha value is -1.44. The number of aromatic nitrogens is 2. The maximum absolute atomic E-state index is 10.8. The molecule has 19 heavy (non-hydrogen) atoms. The Morgan fingerprint density at radius 1 is 1.37 bits per heavy atom. The summed E-state index contributed by atoms with van der Waals surface area (Å²) in [5, 5.41) is 8.00. The first-order chi connectivity index (χ1) is 9.01. The number of fused-ring (bicyclic) bond motifs is 1. The van der Waals surface area contributed by atoms with E-state index in [0.717, 1.165) is 23.4 Å². The van der Waals surface area contributed by atoms with Gasteiger partial charge in [0.2, 0.25) is 10.0 Å². The molecule has 6 nitrogen and oxygen atoms in total. The lowest BCUT2D eigenvalue weighted by atomic mass is 10.3. The molecule has 0 aliphatic carbocycles. The number of nitrogens with zero attached hydrogens (tertiary/aromatic N) is 2. The van der Waals surface area contributed by atoms with Crippen LogP contribution >= 0.6 is 0 Å². The number of aryl methyl sites for hydroxylation is 1. The Bertz CT molecular complexity index is 663. The maximum Gasteiger partial charge on any atom is 0.210 e. The molecule has 0 amide bonds. The first-order valence-electron chi connectivity index (χ1n) is 6.16. The Morgan fingerprint density at radius 2 is 2.11 bits per heavy atom. The number of nitrogens with one attached hydrogen (secondary N) is 1. The Labute approximate surface area is 112 Å². The number of hydrogen-bond acceptors (Lipinski definition) is 4. The van der Waals surface area contributed by atoms with E-state index in [1.807, 2.05) is 24.3 Å². The summed E-state index contributed by atoms with van der Waals surface area (Å²) in [5.41, 5.74) is 2.04. The molecule has 3 N–H and O–H groups in total. The third-order valence-electron chi connectivity index (χ3n) is 2.90. The summed E-state index contributed by atoms with van der Waals surface area (Å²) < 4.78 is 23.8. The van der Waals surface area contributed by atoms with Gasteiger partial charge in [-0.3, -0.25) is 0 Å². The third-order valence-corrected chi connectivity index (χ3v) is 3.67. The van der Waals surface area contributed by atoms with Gasteiger partial charge in [-0.05, 0) is 19.1 Å². The summed E-state index contributed by atoms with van der Waals surface area (Å²) in [6, 6.07) is 7.93. The summed E-state index contributed by atoms with van der Waals surface area (Å²) in [6.45, 7) is 3.73. The van der Waals surface area contributed by atoms with Crippen LogP contribution in [0.2, 0.25) is 0 Å². The fourth-order valence-electron chi connectivity index (χ4n) is 2.03. The van der Waals surface area contributed by atoms with Crippen molar-refractivity contribution in [2.75, 3.05) is 12.3 Å². The van der Waals surface area contributed by atoms with E-state index in [-0.39, 0.29) is 5.75 Å². The van der Waals surface area contributed by atoms with Crippen molar-refractivity contribution in [3.8, 4) is 0 Å². The number of benzene rings is 1. The number of para-hydroxylation sites is 2. The van der Waals surface area contributed by atoms with Crippen LogP contribution in [0, 0.1) is 0 Å². The lowest BCUT2D eigenvalue weighted by Crippen LogP contribution is -2.27. The van der Waals surface area contributed by atoms with E-state index >= 15 is 0 Å². The highest BCUT2D eigenvalue weighted by Gasteiger charge is 2.08. The van der Waals surface area contributed by atoms with E-state index in [4.69, 9.17) is 5.14 Å². The highest BCUT2D eigenvalue weighted by Crippen LogP contribution is 2.15. The van der Waals surface area contributed by atoms with Gasteiger partial charge in [0.05, 0.1) is 23.3 Å². The molecule has 2 aromatic rings. The molecule has 2 rings (SSSR count). The van der Waals surface area contributed by atoms with Gasteiger partial charge in [0.15, 0.2) is 0 Å². The van der Waals surface area contributed by atoms with Gasteiger partial charge < -0.3 is 9.88 Å². The van der Waals surface area contributed by atoms with Gasteiger partial charge in [0.25, 0.3) is 0 Å². The average Bonchev–Trinajstić information content (AvgIpc) is 2.71. The Morgan fingerprint density at radius 3 is 2.79 bits per heavy atom. The molecule has 0 bridgehead atoms. The molecule has 1 aromatic carbocycles. The third kappa shape index (κ3) is 3.52. The van der Waals surface area contributed by atoms with Crippen molar-refractivity contribution < 1.29 is 8.42 Å². The first kappa shape index (κ1) is 14.0. The Balaban J connectivity index is 2.08. The SMILES string of the molecule is CCn1c(CNCCS(N)(=O)=O)nc2ccccc21. The molecule has 0 fully saturated rings. The topological polar surface area (TPSA) is 90.0 Å². The summed E-state index contributed by atoms with van der Waals surface area (Å²) >= 11 is 0. The molecule has 0 saturated heterocycles. The van der Waals surface area contributed by atoms with Crippen LogP contribution in [0.15, 0.2) is 24.3 Å². The van der Waals surface area contributed by atoms with Crippen LogP contribution in [0.1, 0.15) is 12.7 Å². The second-order valence-corrected chi connectivity index (χ2v) is 6.04. The smallest absolute Gasteiger partial charge is 0.210 e. The van der Waals surface area contributed by atoms with Crippen LogP contribution in [-0.2, 0) is 23.1 Å². The summed E-state index contributed by atoms with van der Waals surface area (Å²) in [6.07, 6.45) is 0. The van der Waals surface area contributed by atoms with Crippen molar-refractivity contribution >= 4 is 21.1 Å². The minimum Gasteiger partial charge on any atom is -0.327 e. The molecular formula is C12H18N4O2S. The normalized spacial score (nSPS) is 12.1. The van der Waals surface area contributed by atoms with Crippen LogP contribution in [-0.4, -0.2) is 30.3 Å². The van der Waals surface area contributed by atoms with E-state index in [2.05, 4.69) is 21.8 Å². The number of rotatable bonds is 6. The molecule has 1 heterocycles. The summed E-state index contributed by atoms with van der Waals surface area (Å²) in [4.78, 5) is 4.54. The van der Waals surface area contributed by atoms with E-state index < -0.39 is 10.0 Å². The van der Waals surface area contributed by atoms with Gasteiger partial charge in [-0.1, -0.05) is 12.1 Å². The molecule has 0 unspecified atom stereocenters. The minimum atomic E-state index is -3.41. The predicted octanol–water partition coefficient (Wildman–Crippen LogP) is 0.434. The molecular weight excluding hydrogens is 264 g/mol. The quantitative estimate of drug-likeness (QED) is 0.752. The lowest BCUT2D eigenvalue weighted by molar-refractivity contribution is 0.588. The molecule has 104 valence electrons. The van der Waals surface area contributed by atoms with Crippen LogP contribution in [0.4, 0.5) is 0 Å². The largest absolute Gasteiger partial charge is 0.327 e. The Kier molecular flexibility index (Phi) is 4.18. The van der Waals surface area contributed by atoms with Crippen molar-refractivity contribution in [2.24, 2.45) is 5.14 Å². The number of primary sulfonamides is 1. The van der Waals surface area contributed by atoms with Crippen LogP contribution in [0.5, 0.6) is 0 Å². The molecule has 0 atom stereocenters. The van der Waals surface area contributed by atoms with Crippen molar-refractivity contribution in [3.63, 3.8) is 0 Å². The zero-order chi connectivity index (χ0) is 13.9. The standard InChI is InChI=1S/C12H18N4O2S/c1-2-16-11-6-4-3-5-10(11)15-12(16)9-14-7-8-19(13,17)18/h3-6,14H,2,7-9H2,1H3,(H2,13,17,18). The van der Waals surface area contributed by atoms with Crippen molar-refractivity contribution in [3.05, 3.63) is 30.1 Å². The van der Waals surface area contributed by atoms with Crippen molar-refractivity contribution in [1.29, 1.82) is 0 Å². The molecule has 0 saturated carbocycles. The second-order valence-electron chi connectivity index (χ2n) is 4.30. The number of imidazole rings is 1. The molecule has 1 aromatic heterocycles. The first-order valence-corrected chi connectivity index (χ1v) is 7.88. The minimum absolute atomic E-state index is 0.0701. The zero-order valence-corrected chi connectivity index (χ0v) is 11.7. The van der Waals surface area contributed by atoms with Crippen LogP contribution in [0.25, 0.3) is 11.0 Å². The van der Waals surface area contributed by atoms with Crippen LogP contribution < -0.4 is 10.5 Å². The lowest BCUT2D eigenvalue weighted by Gasteiger charge is -2.07. The van der Waals surface area contributed by atoms with Gasteiger partial charge in [-0.15, -0.1) is 0 Å². The predicted molar refractivity (Wildman–Crippen MR) is 75.1 cm³/mol. The van der Waals surface area contributed by atoms with Gasteiger partial charge in [0.1, 0.15) is 5.82 Å². The number of nitrogens with two attached hydrogens (primary N) is 1. The van der Waals surface area contributed by atoms with Gasteiger partial charge in [-0.25, -0.2) is 18.5 Å². The maximum atomic E-state index is 10.8. The van der Waals surface area contributed by atoms with E-state index in [9.17, 15) is 8.42 Å². The molecule has 0 spiro atoms. The fourth-order valence-corrected chi connectivity index (χ4v) is 2.46. The monoisotopic (exact) mass is 282 g/mol. The van der Waals surface area contributed by atoms with E-state index in [0.29, 0.717) is 13.1 Å². The summed E-state index contributed by atoms with van der Waals surface area (Å²) in [7, 11) is -3.41. The fraction of sp³-hybridized carbons (Fsp3) is 0.417. The van der Waals surface area contributed by atoms with Gasteiger partial charge in [-0.2, -0.15) is 0 Å². The van der Waals surface area contributed by atoms with Gasteiger partial charge in [0, 0.05) is 13.1 Å². The molecule has 0 radical (unpaired) electrons. The van der Waals surface area contributed by atoms with Crippen LogP contribution in [0.3, 0.4) is 0 Å². The summed E-state index contributed by atoms with van der Waals surface area (Å²) in [5.74, 6) is 0.831. The second kappa shape index (κ2) is 5.68. The highest BCUT2D eigenvalue weighted by atomic mass is 32.2. The van der Waals surface area contributed by atoms with E-state index in [1.165, 1.54) is 0 Å². The highest BCUT2D eigenvalue weighted by molar-refractivity contribution is 7.89. The molecule has 0 aliphatic rings. The average molecular weight is 282 g/mol.